The summed E-state index contributed by atoms with van der Waals surface area (Å²) in [5.41, 5.74) is -0.328. The molecule has 0 aliphatic heterocycles. The summed E-state index contributed by atoms with van der Waals surface area (Å²) in [6.45, 7) is 0. The summed E-state index contributed by atoms with van der Waals surface area (Å²) in [7, 11) is 0. The molecule has 0 aliphatic rings. The van der Waals surface area contributed by atoms with Crippen molar-refractivity contribution in [3.05, 3.63) is 46.6 Å². The molecule has 0 fully saturated rings. The van der Waals surface area contributed by atoms with Crippen LogP contribution in [0, 0.1) is 11.6 Å². The van der Waals surface area contributed by atoms with E-state index in [2.05, 4.69) is 10.1 Å². The highest BCUT2D eigenvalue weighted by atomic mass is 19.2. The van der Waals surface area contributed by atoms with Gasteiger partial charge >= 0.3 is 5.69 Å². The minimum Gasteiger partial charge on any atom is -0.295 e. The zero-order valence-electron chi connectivity index (χ0n) is 6.87. The van der Waals surface area contributed by atoms with E-state index in [1.54, 1.807) is 0 Å². The monoisotopic (exact) mass is 197 g/mol. The van der Waals surface area contributed by atoms with Gasteiger partial charge in [-0.1, -0.05) is 0 Å². The molecule has 2 aromatic rings. The van der Waals surface area contributed by atoms with Crippen molar-refractivity contribution in [2.75, 3.05) is 0 Å². The van der Waals surface area contributed by atoms with Gasteiger partial charge in [-0.25, -0.2) is 13.6 Å². The van der Waals surface area contributed by atoms with E-state index >= 15 is 0 Å². The SMILES string of the molecule is O=c1[nH]cnn1-c1ccc(F)c(F)c1. The van der Waals surface area contributed by atoms with Crippen LogP contribution in [0.2, 0.25) is 0 Å². The molecule has 0 saturated carbocycles. The van der Waals surface area contributed by atoms with E-state index in [0.717, 1.165) is 16.8 Å². The topological polar surface area (TPSA) is 50.7 Å². The maximum Gasteiger partial charge on any atom is 0.347 e. The largest absolute Gasteiger partial charge is 0.347 e. The lowest BCUT2D eigenvalue weighted by molar-refractivity contribution is 0.507. The molecule has 6 heteroatoms. The number of aromatic nitrogens is 3. The van der Waals surface area contributed by atoms with Gasteiger partial charge in [-0.05, 0) is 12.1 Å². The highest BCUT2D eigenvalue weighted by molar-refractivity contribution is 5.30. The van der Waals surface area contributed by atoms with Crippen molar-refractivity contribution in [2.24, 2.45) is 0 Å². The number of H-pyrrole nitrogens is 1. The zero-order chi connectivity index (χ0) is 10.1. The lowest BCUT2D eigenvalue weighted by Crippen LogP contribution is -2.16. The summed E-state index contributed by atoms with van der Waals surface area (Å²) in [5, 5.41) is 3.62. The van der Waals surface area contributed by atoms with Crippen molar-refractivity contribution in [3.8, 4) is 5.69 Å². The van der Waals surface area contributed by atoms with E-state index in [9.17, 15) is 13.6 Å². The van der Waals surface area contributed by atoms with E-state index in [0.29, 0.717) is 0 Å². The number of rotatable bonds is 1. The second-order valence-electron chi connectivity index (χ2n) is 2.60. The van der Waals surface area contributed by atoms with Gasteiger partial charge in [0.25, 0.3) is 0 Å². The van der Waals surface area contributed by atoms with Crippen LogP contribution in [-0.2, 0) is 0 Å². The third kappa shape index (κ3) is 1.30. The van der Waals surface area contributed by atoms with E-state index in [1.165, 1.54) is 12.4 Å². The van der Waals surface area contributed by atoms with Crippen LogP contribution in [0.5, 0.6) is 0 Å². The van der Waals surface area contributed by atoms with Crippen LogP contribution in [0.4, 0.5) is 8.78 Å². The van der Waals surface area contributed by atoms with Gasteiger partial charge < -0.3 is 0 Å². The number of hydrogen-bond donors (Lipinski definition) is 1. The number of benzene rings is 1. The average molecular weight is 197 g/mol. The Hall–Kier alpha value is -1.98. The fourth-order valence-electron chi connectivity index (χ4n) is 1.06. The molecule has 0 unspecified atom stereocenters. The molecule has 0 bridgehead atoms. The Morgan fingerprint density at radius 3 is 2.64 bits per heavy atom. The summed E-state index contributed by atoms with van der Waals surface area (Å²) in [6.07, 6.45) is 1.17. The predicted molar refractivity (Wildman–Crippen MR) is 44.1 cm³/mol. The number of halogens is 2. The second-order valence-corrected chi connectivity index (χ2v) is 2.60. The third-order valence-corrected chi connectivity index (χ3v) is 1.70. The normalized spacial score (nSPS) is 10.4. The first-order valence-corrected chi connectivity index (χ1v) is 3.76. The lowest BCUT2D eigenvalue weighted by atomic mass is 10.3. The van der Waals surface area contributed by atoms with Crippen LogP contribution < -0.4 is 5.69 Å². The molecule has 0 spiro atoms. The summed E-state index contributed by atoms with van der Waals surface area (Å²) in [5.74, 6) is -1.98. The number of aromatic amines is 1. The molecule has 2 rings (SSSR count). The molecule has 0 radical (unpaired) electrons. The Morgan fingerprint density at radius 2 is 2.07 bits per heavy atom. The first-order valence-electron chi connectivity index (χ1n) is 3.76. The molecule has 1 aromatic carbocycles. The number of hydrogen-bond acceptors (Lipinski definition) is 2. The molecular weight excluding hydrogens is 192 g/mol. The van der Waals surface area contributed by atoms with E-state index in [-0.39, 0.29) is 5.69 Å². The van der Waals surface area contributed by atoms with Crippen molar-refractivity contribution in [3.63, 3.8) is 0 Å². The minimum absolute atomic E-state index is 0.176. The fraction of sp³-hybridized carbons (Fsp3) is 0. The minimum atomic E-state index is -1.02. The fourth-order valence-corrected chi connectivity index (χ4v) is 1.06. The highest BCUT2D eigenvalue weighted by Gasteiger charge is 2.06. The van der Waals surface area contributed by atoms with Crippen molar-refractivity contribution in [2.45, 2.75) is 0 Å². The number of nitrogens with one attached hydrogen (secondary N) is 1. The maximum absolute atomic E-state index is 12.8. The Balaban J connectivity index is 2.59. The lowest BCUT2D eigenvalue weighted by Gasteiger charge is -1.99. The predicted octanol–water partition coefficient (Wildman–Crippen LogP) is 0.839. The average Bonchev–Trinajstić information content (AvgIpc) is 2.57. The Bertz CT molecular complexity index is 517. The molecule has 0 aliphatic carbocycles. The Kier molecular flexibility index (Phi) is 1.88. The van der Waals surface area contributed by atoms with Gasteiger partial charge in [0.05, 0.1) is 5.69 Å². The van der Waals surface area contributed by atoms with Crippen LogP contribution in [-0.4, -0.2) is 14.8 Å². The molecule has 1 aromatic heterocycles. The van der Waals surface area contributed by atoms with Crippen LogP contribution in [0.25, 0.3) is 5.69 Å². The quantitative estimate of drug-likeness (QED) is 0.736. The van der Waals surface area contributed by atoms with E-state index in [4.69, 9.17) is 0 Å². The van der Waals surface area contributed by atoms with Crippen molar-refractivity contribution in [1.29, 1.82) is 0 Å². The first kappa shape index (κ1) is 8.61. The van der Waals surface area contributed by atoms with E-state index < -0.39 is 17.3 Å². The van der Waals surface area contributed by atoms with Gasteiger partial charge in [0.15, 0.2) is 11.6 Å². The van der Waals surface area contributed by atoms with Gasteiger partial charge in [-0.2, -0.15) is 9.78 Å². The van der Waals surface area contributed by atoms with Crippen LogP contribution in [0.1, 0.15) is 0 Å². The zero-order valence-corrected chi connectivity index (χ0v) is 6.87. The molecule has 1 heterocycles. The molecule has 0 saturated heterocycles. The molecule has 4 nitrogen and oxygen atoms in total. The van der Waals surface area contributed by atoms with Gasteiger partial charge in [0.2, 0.25) is 0 Å². The molecule has 72 valence electrons. The first-order chi connectivity index (χ1) is 6.68. The van der Waals surface area contributed by atoms with Crippen LogP contribution in [0.15, 0.2) is 29.3 Å². The Labute approximate surface area is 76.8 Å². The summed E-state index contributed by atoms with van der Waals surface area (Å²) in [6, 6.07) is 3.10. The standard InChI is InChI=1S/C8H5F2N3O/c9-6-2-1-5(3-7(6)10)13-8(14)11-4-12-13/h1-4H,(H,11,12,14). The Morgan fingerprint density at radius 1 is 1.29 bits per heavy atom. The second kappa shape index (κ2) is 3.06. The smallest absolute Gasteiger partial charge is 0.295 e. The summed E-state index contributed by atoms with van der Waals surface area (Å²) >= 11 is 0. The van der Waals surface area contributed by atoms with Crippen LogP contribution in [0.3, 0.4) is 0 Å². The summed E-state index contributed by atoms with van der Waals surface area (Å²) < 4.78 is 26.3. The van der Waals surface area contributed by atoms with Gasteiger partial charge in [-0.3, -0.25) is 4.98 Å². The molecule has 14 heavy (non-hydrogen) atoms. The third-order valence-electron chi connectivity index (χ3n) is 1.70. The van der Waals surface area contributed by atoms with Crippen LogP contribution >= 0.6 is 0 Å². The number of nitrogens with zero attached hydrogens (tertiary/aromatic N) is 2. The van der Waals surface area contributed by atoms with Gasteiger partial charge in [0, 0.05) is 6.07 Å². The highest BCUT2D eigenvalue weighted by Crippen LogP contribution is 2.09. The van der Waals surface area contributed by atoms with Crippen molar-refractivity contribution in [1.82, 2.24) is 14.8 Å². The molecular formula is C8H5F2N3O. The molecule has 0 amide bonds. The maximum atomic E-state index is 12.8. The van der Waals surface area contributed by atoms with E-state index in [1.807, 2.05) is 0 Å². The van der Waals surface area contributed by atoms with Crippen molar-refractivity contribution >= 4 is 0 Å². The van der Waals surface area contributed by atoms with Gasteiger partial charge in [-0.15, -0.1) is 0 Å². The molecule has 1 N–H and O–H groups in total. The molecule has 0 atom stereocenters. The van der Waals surface area contributed by atoms with Crippen molar-refractivity contribution < 1.29 is 8.78 Å². The summed E-state index contributed by atoms with van der Waals surface area (Å²) in [4.78, 5) is 13.3. The van der Waals surface area contributed by atoms with Gasteiger partial charge in [0.1, 0.15) is 6.33 Å².